The van der Waals surface area contributed by atoms with Gasteiger partial charge in [0.05, 0.1) is 0 Å². The van der Waals surface area contributed by atoms with E-state index in [1.165, 1.54) is 0 Å². The molecule has 0 fully saturated rings. The van der Waals surface area contributed by atoms with Gasteiger partial charge in [-0.2, -0.15) is 0 Å². The minimum atomic E-state index is -1.82. The Labute approximate surface area is 49.6 Å². The Kier molecular flexibility index (Phi) is 5.04. The van der Waals surface area contributed by atoms with Gasteiger partial charge in [0.25, 0.3) is 0 Å². The van der Waals surface area contributed by atoms with Crippen LogP contribution in [0.15, 0.2) is 0 Å². The van der Waals surface area contributed by atoms with E-state index in [2.05, 4.69) is 0 Å². The van der Waals surface area contributed by atoms with E-state index in [1.54, 1.807) is 0 Å². The van der Waals surface area contributed by atoms with Crippen LogP contribution in [-0.2, 0) is 26.7 Å². The molecule has 0 atom stereocenters. The molecule has 0 aromatic rings. The fourth-order valence-electron chi connectivity index (χ4n) is 0. The molecule has 0 aliphatic heterocycles. The third-order valence-corrected chi connectivity index (χ3v) is 0.183. The average molecular weight is 154 g/mol. The Morgan fingerprint density at radius 1 is 1.00 bits per heavy atom. The predicted octanol–water partition coefficient (Wildman–Crippen LogP) is -0.847. The molecule has 4 nitrogen and oxygen atoms in total. The van der Waals surface area contributed by atoms with Crippen molar-refractivity contribution in [1.29, 1.82) is 0 Å². The van der Waals surface area contributed by atoms with Crippen molar-refractivity contribution in [3.63, 3.8) is 0 Å². The van der Waals surface area contributed by atoms with E-state index in [0.717, 1.165) is 0 Å². The van der Waals surface area contributed by atoms with Crippen LogP contribution in [0.1, 0.15) is 0 Å². The van der Waals surface area contributed by atoms with E-state index < -0.39 is 11.9 Å². The van der Waals surface area contributed by atoms with Gasteiger partial charge in [0, 0.05) is 0 Å². The first-order chi connectivity index (χ1) is 2.64. The quantitative estimate of drug-likeness (QED) is 0.351. The number of carbonyl (C=O) groups is 2. The Morgan fingerprint density at radius 2 is 1.14 bits per heavy atom. The first kappa shape index (κ1) is 9.68. The second kappa shape index (κ2) is 3.64. The number of aliphatic carboxylic acids is 2. The fourth-order valence-corrected chi connectivity index (χ4v) is 0. The third kappa shape index (κ3) is 5.46. The van der Waals surface area contributed by atoms with Crippen molar-refractivity contribution in [2.45, 2.75) is 0 Å². The number of hydrogen-bond donors (Lipinski definition) is 2. The molecule has 0 aliphatic rings. The minimum absolute atomic E-state index is 0. The van der Waals surface area contributed by atoms with E-state index in [1.807, 2.05) is 0 Å². The van der Waals surface area contributed by atoms with Gasteiger partial charge in [0.1, 0.15) is 0 Å². The summed E-state index contributed by atoms with van der Waals surface area (Å²) >= 11 is 0. The van der Waals surface area contributed by atoms with Crippen molar-refractivity contribution in [3.05, 3.63) is 0 Å². The van der Waals surface area contributed by atoms with Gasteiger partial charge in [0.2, 0.25) is 0 Å². The van der Waals surface area contributed by atoms with Gasteiger partial charge in [-0.3, -0.25) is 0 Å². The molecule has 5 heteroatoms. The van der Waals surface area contributed by atoms with Crippen LogP contribution >= 0.6 is 0 Å². The van der Waals surface area contributed by atoms with Gasteiger partial charge in [-0.05, 0) is 0 Å². The molecule has 0 rings (SSSR count). The summed E-state index contributed by atoms with van der Waals surface area (Å²) in [4.78, 5) is 18.2. The van der Waals surface area contributed by atoms with Crippen LogP contribution in [-0.4, -0.2) is 22.2 Å². The molecule has 2 N–H and O–H groups in total. The number of carboxylic acid groups (broad SMARTS) is 2. The SMILES string of the molecule is O=C(O)C(=O)O.[Cu+2]. The van der Waals surface area contributed by atoms with E-state index >= 15 is 0 Å². The smallest absolute Gasteiger partial charge is 0.473 e. The monoisotopic (exact) mass is 153 g/mol. The van der Waals surface area contributed by atoms with Gasteiger partial charge in [-0.15, -0.1) is 0 Å². The maximum absolute atomic E-state index is 9.10. The number of carboxylic acids is 2. The number of rotatable bonds is 0. The van der Waals surface area contributed by atoms with Gasteiger partial charge < -0.3 is 10.2 Å². The summed E-state index contributed by atoms with van der Waals surface area (Å²) in [6.45, 7) is 0. The van der Waals surface area contributed by atoms with Crippen molar-refractivity contribution in [2.75, 3.05) is 0 Å². The summed E-state index contributed by atoms with van der Waals surface area (Å²) in [7, 11) is 0. The molecule has 0 heterocycles. The largest absolute Gasteiger partial charge is 2.00 e. The normalized spacial score (nSPS) is 6.29. The fraction of sp³-hybridized carbons (Fsp3) is 0. The molecule has 0 amide bonds. The first-order valence-corrected chi connectivity index (χ1v) is 1.11. The molecule has 0 spiro atoms. The molecule has 43 valence electrons. The van der Waals surface area contributed by atoms with Crippen molar-refractivity contribution >= 4 is 11.9 Å². The van der Waals surface area contributed by atoms with Crippen LogP contribution in [0.4, 0.5) is 0 Å². The molecule has 0 unspecified atom stereocenters. The van der Waals surface area contributed by atoms with Gasteiger partial charge in [0.15, 0.2) is 0 Å². The van der Waals surface area contributed by atoms with Crippen LogP contribution in [0.2, 0.25) is 0 Å². The Hall–Kier alpha value is -0.541. The van der Waals surface area contributed by atoms with Gasteiger partial charge in [-0.1, -0.05) is 0 Å². The summed E-state index contributed by atoms with van der Waals surface area (Å²) in [6, 6.07) is 0. The zero-order valence-electron chi connectivity index (χ0n) is 3.01. The topological polar surface area (TPSA) is 74.6 Å². The number of hydrogen-bond acceptors (Lipinski definition) is 2. The van der Waals surface area contributed by atoms with Gasteiger partial charge >= 0.3 is 29.0 Å². The molecule has 1 radical (unpaired) electrons. The first-order valence-electron chi connectivity index (χ1n) is 1.11. The molecule has 0 saturated heterocycles. The van der Waals surface area contributed by atoms with E-state index in [0.29, 0.717) is 0 Å². The Bertz CT molecular complexity index is 75.7. The van der Waals surface area contributed by atoms with Crippen molar-refractivity contribution < 1.29 is 36.9 Å². The zero-order valence-corrected chi connectivity index (χ0v) is 3.95. The Morgan fingerprint density at radius 3 is 1.14 bits per heavy atom. The van der Waals surface area contributed by atoms with Crippen LogP contribution in [0.5, 0.6) is 0 Å². The third-order valence-electron chi connectivity index (χ3n) is 0.183. The molecular weight excluding hydrogens is 152 g/mol. The maximum atomic E-state index is 9.10. The summed E-state index contributed by atoms with van der Waals surface area (Å²) in [6.07, 6.45) is 0. The molecule has 7 heavy (non-hydrogen) atoms. The summed E-state index contributed by atoms with van der Waals surface area (Å²) < 4.78 is 0. The zero-order chi connectivity index (χ0) is 5.15. The molecule has 0 aliphatic carbocycles. The van der Waals surface area contributed by atoms with Crippen LogP contribution in [0.3, 0.4) is 0 Å². The van der Waals surface area contributed by atoms with Crippen LogP contribution in [0, 0.1) is 0 Å². The minimum Gasteiger partial charge on any atom is -0.473 e. The van der Waals surface area contributed by atoms with E-state index in [-0.39, 0.29) is 17.1 Å². The van der Waals surface area contributed by atoms with Gasteiger partial charge in [-0.25, -0.2) is 9.59 Å². The van der Waals surface area contributed by atoms with E-state index in [4.69, 9.17) is 19.8 Å². The second-order valence-electron chi connectivity index (χ2n) is 0.610. The summed E-state index contributed by atoms with van der Waals surface area (Å²) in [5, 5.41) is 14.8. The molecule has 0 saturated carbocycles. The molecule has 0 aromatic carbocycles. The van der Waals surface area contributed by atoms with Crippen molar-refractivity contribution in [1.82, 2.24) is 0 Å². The summed E-state index contributed by atoms with van der Waals surface area (Å²) in [5.74, 6) is -3.65. The van der Waals surface area contributed by atoms with Crippen molar-refractivity contribution in [2.24, 2.45) is 0 Å². The van der Waals surface area contributed by atoms with Crippen LogP contribution in [0.25, 0.3) is 0 Å². The van der Waals surface area contributed by atoms with Crippen molar-refractivity contribution in [3.8, 4) is 0 Å². The molecule has 0 bridgehead atoms. The second-order valence-corrected chi connectivity index (χ2v) is 0.610. The Balaban J connectivity index is 0. The average Bonchev–Trinajstić information content (AvgIpc) is 1.36. The molecular formula is C2H2CuO4+2. The maximum Gasteiger partial charge on any atom is 2.00 e. The predicted molar refractivity (Wildman–Crippen MR) is 15.3 cm³/mol. The van der Waals surface area contributed by atoms with E-state index in [9.17, 15) is 0 Å². The standard InChI is InChI=1S/C2H2O4.Cu/c3-1(4)2(5)6;/h(H,3,4)(H,5,6);/q;+2. The molecule has 0 aromatic heterocycles. The van der Waals surface area contributed by atoms with Crippen LogP contribution < -0.4 is 0 Å². The summed E-state index contributed by atoms with van der Waals surface area (Å²) in [5.41, 5.74) is 0.